The fraction of sp³-hybridized carbons (Fsp3) is 0.909. The van der Waals surface area contributed by atoms with Gasteiger partial charge in [-0.15, -0.1) is 0 Å². The van der Waals surface area contributed by atoms with Gasteiger partial charge in [0.15, 0.2) is 5.84 Å². The van der Waals surface area contributed by atoms with Crippen molar-refractivity contribution in [2.24, 2.45) is 10.9 Å². The van der Waals surface area contributed by atoms with E-state index in [-0.39, 0.29) is 5.84 Å². The zero-order valence-corrected chi connectivity index (χ0v) is 11.8. The Labute approximate surface area is 114 Å². The molecule has 0 amide bonds. The summed E-state index contributed by atoms with van der Waals surface area (Å²) in [5, 5.41) is 11.8. The Kier molecular flexibility index (Phi) is 4.64. The van der Waals surface area contributed by atoms with Crippen LogP contribution in [0.25, 0.3) is 0 Å². The van der Waals surface area contributed by atoms with E-state index in [0.29, 0.717) is 26.1 Å². The number of hydrogen-bond donors (Lipinski definition) is 2. The van der Waals surface area contributed by atoms with E-state index < -0.39 is 16.3 Å². The average molecular weight is 290 g/mol. The van der Waals surface area contributed by atoms with Crippen LogP contribution in [-0.2, 0) is 10.2 Å². The summed E-state index contributed by atoms with van der Waals surface area (Å²) in [5.74, 6) is -0.0136. The van der Waals surface area contributed by atoms with Gasteiger partial charge < -0.3 is 10.9 Å². The Morgan fingerprint density at radius 1 is 1.11 bits per heavy atom. The molecule has 0 aliphatic carbocycles. The third kappa shape index (κ3) is 3.01. The molecule has 110 valence electrons. The first-order chi connectivity index (χ1) is 9.07. The van der Waals surface area contributed by atoms with Gasteiger partial charge in [-0.2, -0.15) is 17.0 Å². The molecule has 0 aromatic carbocycles. The first kappa shape index (κ1) is 14.5. The minimum Gasteiger partial charge on any atom is -0.409 e. The normalized spacial score (nSPS) is 28.4. The summed E-state index contributed by atoms with van der Waals surface area (Å²) >= 11 is 0. The average Bonchev–Trinajstić information content (AvgIpc) is 2.47. The van der Waals surface area contributed by atoms with Gasteiger partial charge >= 0.3 is 0 Å². The van der Waals surface area contributed by atoms with Gasteiger partial charge in [0.25, 0.3) is 10.2 Å². The molecule has 19 heavy (non-hydrogen) atoms. The fourth-order valence-corrected chi connectivity index (χ4v) is 4.70. The maximum absolute atomic E-state index is 12.6. The van der Waals surface area contributed by atoms with E-state index in [1.165, 1.54) is 8.61 Å². The summed E-state index contributed by atoms with van der Waals surface area (Å²) in [6.07, 6.45) is 5.22. The number of oxime groups is 1. The van der Waals surface area contributed by atoms with Crippen LogP contribution < -0.4 is 5.73 Å². The lowest BCUT2D eigenvalue weighted by molar-refractivity contribution is 0.251. The van der Waals surface area contributed by atoms with E-state index in [9.17, 15) is 8.42 Å². The third-order valence-electron chi connectivity index (χ3n) is 3.85. The summed E-state index contributed by atoms with van der Waals surface area (Å²) in [5.41, 5.74) is 5.64. The molecule has 0 radical (unpaired) electrons. The van der Waals surface area contributed by atoms with Gasteiger partial charge in [0.2, 0.25) is 0 Å². The highest BCUT2D eigenvalue weighted by Crippen LogP contribution is 2.24. The summed E-state index contributed by atoms with van der Waals surface area (Å²) in [7, 11) is -3.49. The number of amidine groups is 1. The summed E-state index contributed by atoms with van der Waals surface area (Å²) in [6.45, 7) is 1.59. The molecule has 0 aromatic heterocycles. The van der Waals surface area contributed by atoms with Crippen LogP contribution in [0.4, 0.5) is 0 Å². The Morgan fingerprint density at radius 3 is 2.37 bits per heavy atom. The second-order valence-corrected chi connectivity index (χ2v) is 7.00. The Bertz CT molecular complexity index is 431. The number of nitrogens with two attached hydrogens (primary N) is 1. The van der Waals surface area contributed by atoms with Crippen molar-refractivity contribution in [1.29, 1.82) is 0 Å². The lowest BCUT2D eigenvalue weighted by Crippen LogP contribution is -2.55. The quantitative estimate of drug-likeness (QED) is 0.338. The predicted octanol–water partition coefficient (Wildman–Crippen LogP) is 0.318. The fourth-order valence-electron chi connectivity index (χ4n) is 2.79. The van der Waals surface area contributed by atoms with Crippen LogP contribution in [0, 0.1) is 0 Å². The van der Waals surface area contributed by atoms with Crippen LogP contribution in [0.5, 0.6) is 0 Å². The first-order valence-corrected chi connectivity index (χ1v) is 8.21. The zero-order chi connectivity index (χ0) is 13.9. The lowest BCUT2D eigenvalue weighted by Gasteiger charge is -2.38. The minimum atomic E-state index is -3.49. The summed E-state index contributed by atoms with van der Waals surface area (Å²) in [6, 6.07) is -0.509. The summed E-state index contributed by atoms with van der Waals surface area (Å²) in [4.78, 5) is 0. The zero-order valence-electron chi connectivity index (χ0n) is 11.0. The Morgan fingerprint density at radius 2 is 1.74 bits per heavy atom. The van der Waals surface area contributed by atoms with Crippen molar-refractivity contribution < 1.29 is 13.6 Å². The maximum atomic E-state index is 12.6. The summed E-state index contributed by atoms with van der Waals surface area (Å²) < 4.78 is 28.2. The molecule has 0 aromatic rings. The van der Waals surface area contributed by atoms with Crippen LogP contribution in [0.3, 0.4) is 0 Å². The van der Waals surface area contributed by atoms with Crippen LogP contribution in [0.1, 0.15) is 38.5 Å². The van der Waals surface area contributed by atoms with E-state index in [2.05, 4.69) is 5.16 Å². The van der Waals surface area contributed by atoms with Crippen molar-refractivity contribution in [2.75, 3.05) is 19.6 Å². The molecule has 0 saturated carbocycles. The van der Waals surface area contributed by atoms with Crippen molar-refractivity contribution >= 4 is 16.0 Å². The van der Waals surface area contributed by atoms with Crippen LogP contribution in [0.2, 0.25) is 0 Å². The smallest absolute Gasteiger partial charge is 0.282 e. The molecule has 7 nitrogen and oxygen atoms in total. The molecule has 2 aliphatic rings. The largest absolute Gasteiger partial charge is 0.409 e. The standard InChI is InChI=1S/C11H22N4O3S/c12-11(13-16)10-6-2-5-9-15(10)19(17,18)14-7-3-1-4-8-14/h10,16H,1-9H2,(H2,12,13). The van der Waals surface area contributed by atoms with Gasteiger partial charge in [0.05, 0.1) is 6.04 Å². The molecule has 0 bridgehead atoms. The van der Waals surface area contributed by atoms with Crippen molar-refractivity contribution in [3.05, 3.63) is 0 Å². The van der Waals surface area contributed by atoms with Gasteiger partial charge in [-0.05, 0) is 25.7 Å². The first-order valence-electron chi connectivity index (χ1n) is 6.81. The molecular formula is C11H22N4O3S. The highest BCUT2D eigenvalue weighted by molar-refractivity contribution is 7.86. The second kappa shape index (κ2) is 6.06. The molecule has 0 spiro atoms. The van der Waals surface area contributed by atoms with Gasteiger partial charge in [-0.3, -0.25) is 0 Å². The topological polar surface area (TPSA) is 99.2 Å². The molecule has 2 aliphatic heterocycles. The number of hydrogen-bond acceptors (Lipinski definition) is 4. The SMILES string of the molecule is NC(=NO)C1CCCCN1S(=O)(=O)N1CCCCC1. The van der Waals surface area contributed by atoms with Crippen LogP contribution >= 0.6 is 0 Å². The van der Waals surface area contributed by atoms with E-state index in [4.69, 9.17) is 10.9 Å². The monoisotopic (exact) mass is 290 g/mol. The highest BCUT2D eigenvalue weighted by atomic mass is 32.2. The van der Waals surface area contributed by atoms with E-state index >= 15 is 0 Å². The van der Waals surface area contributed by atoms with E-state index in [0.717, 1.165) is 32.1 Å². The molecule has 2 fully saturated rings. The Hall–Kier alpha value is -0.860. The molecule has 8 heteroatoms. The number of nitrogens with zero attached hydrogens (tertiary/aromatic N) is 3. The van der Waals surface area contributed by atoms with Crippen LogP contribution in [0.15, 0.2) is 5.16 Å². The third-order valence-corrected chi connectivity index (χ3v) is 5.90. The number of piperidine rings is 2. The van der Waals surface area contributed by atoms with Gasteiger partial charge in [0, 0.05) is 19.6 Å². The minimum absolute atomic E-state index is 0.0136. The van der Waals surface area contributed by atoms with Crippen molar-refractivity contribution in [2.45, 2.75) is 44.6 Å². The van der Waals surface area contributed by atoms with Gasteiger partial charge in [-0.1, -0.05) is 18.0 Å². The number of rotatable bonds is 3. The molecule has 2 heterocycles. The van der Waals surface area contributed by atoms with Crippen LogP contribution in [-0.4, -0.2) is 53.7 Å². The predicted molar refractivity (Wildman–Crippen MR) is 72.1 cm³/mol. The van der Waals surface area contributed by atoms with E-state index in [1.807, 2.05) is 0 Å². The van der Waals surface area contributed by atoms with Crippen molar-refractivity contribution in [1.82, 2.24) is 8.61 Å². The van der Waals surface area contributed by atoms with Gasteiger partial charge in [-0.25, -0.2) is 0 Å². The van der Waals surface area contributed by atoms with E-state index in [1.54, 1.807) is 0 Å². The molecule has 1 unspecified atom stereocenters. The molecular weight excluding hydrogens is 268 g/mol. The molecule has 3 N–H and O–H groups in total. The second-order valence-electron chi connectivity index (χ2n) is 5.11. The van der Waals surface area contributed by atoms with Crippen molar-refractivity contribution in [3.63, 3.8) is 0 Å². The van der Waals surface area contributed by atoms with Crippen molar-refractivity contribution in [3.8, 4) is 0 Å². The maximum Gasteiger partial charge on any atom is 0.282 e. The van der Waals surface area contributed by atoms with Gasteiger partial charge in [0.1, 0.15) is 0 Å². The molecule has 1 atom stereocenters. The molecule has 2 rings (SSSR count). The molecule has 2 saturated heterocycles. The Balaban J connectivity index is 2.20. The highest BCUT2D eigenvalue weighted by Gasteiger charge is 2.38. The lowest BCUT2D eigenvalue weighted by atomic mass is 10.0.